The Hall–Kier alpha value is -3.37. The summed E-state index contributed by atoms with van der Waals surface area (Å²) >= 11 is 0. The topological polar surface area (TPSA) is 97.6 Å². The zero-order chi connectivity index (χ0) is 20.5. The minimum atomic E-state index is -0.999. The quantitative estimate of drug-likeness (QED) is 0.704. The minimum Gasteiger partial charge on any atom is -0.496 e. The summed E-state index contributed by atoms with van der Waals surface area (Å²) in [4.78, 5) is 24.7. The third kappa shape index (κ3) is 5.56. The van der Waals surface area contributed by atoms with E-state index in [2.05, 4.69) is 5.32 Å². The molecule has 0 heterocycles. The van der Waals surface area contributed by atoms with Crippen molar-refractivity contribution in [2.24, 2.45) is 0 Å². The summed E-state index contributed by atoms with van der Waals surface area (Å²) < 4.78 is 15.9. The molecular weight excluding hydrogens is 360 g/mol. The van der Waals surface area contributed by atoms with E-state index in [4.69, 9.17) is 19.5 Å². The molecule has 2 aromatic carbocycles. The lowest BCUT2D eigenvalue weighted by Crippen LogP contribution is -2.30. The van der Waals surface area contributed by atoms with Crippen LogP contribution in [0.15, 0.2) is 42.5 Å². The smallest absolute Gasteiger partial charge is 0.338 e. The molecule has 0 aliphatic carbocycles. The maximum atomic E-state index is 12.4. The molecule has 0 saturated carbocycles. The second-order valence-corrected chi connectivity index (χ2v) is 5.89. The molecule has 0 saturated heterocycles. The Morgan fingerprint density at radius 1 is 1.18 bits per heavy atom. The predicted molar refractivity (Wildman–Crippen MR) is 103 cm³/mol. The molecule has 1 atom stereocenters. The molecular formula is C21H22N2O5. The van der Waals surface area contributed by atoms with Crippen LogP contribution in [0.4, 0.5) is 5.69 Å². The van der Waals surface area contributed by atoms with Crippen molar-refractivity contribution in [1.82, 2.24) is 0 Å². The Morgan fingerprint density at radius 3 is 2.50 bits per heavy atom. The minimum absolute atomic E-state index is 0.300. The van der Waals surface area contributed by atoms with Gasteiger partial charge in [0.1, 0.15) is 5.75 Å². The van der Waals surface area contributed by atoms with Crippen molar-refractivity contribution in [3.8, 4) is 11.8 Å². The van der Waals surface area contributed by atoms with Crippen LogP contribution in [0, 0.1) is 11.3 Å². The molecule has 1 N–H and O–H groups in total. The highest BCUT2D eigenvalue weighted by atomic mass is 16.5. The number of nitrogens with one attached hydrogen (secondary N) is 1. The molecule has 0 fully saturated rings. The van der Waals surface area contributed by atoms with Gasteiger partial charge in [-0.3, -0.25) is 4.79 Å². The first-order chi connectivity index (χ1) is 13.5. The van der Waals surface area contributed by atoms with Crippen LogP contribution in [-0.2, 0) is 20.9 Å². The summed E-state index contributed by atoms with van der Waals surface area (Å²) in [5.74, 6) is -0.486. The molecule has 0 aliphatic heterocycles. The lowest BCUT2D eigenvalue weighted by atomic mass is 10.1. The number of esters is 1. The number of hydrogen-bond acceptors (Lipinski definition) is 6. The number of carbonyl (C=O) groups excluding carboxylic acids is 2. The van der Waals surface area contributed by atoms with Gasteiger partial charge in [0.2, 0.25) is 0 Å². The number of rotatable bonds is 8. The molecule has 7 nitrogen and oxygen atoms in total. The number of ether oxygens (including phenoxy) is 3. The normalized spacial score (nSPS) is 11.2. The van der Waals surface area contributed by atoms with E-state index in [0.29, 0.717) is 41.3 Å². The number of amides is 1. The van der Waals surface area contributed by atoms with Crippen molar-refractivity contribution < 1.29 is 23.8 Å². The van der Waals surface area contributed by atoms with Crippen LogP contribution in [0.2, 0.25) is 0 Å². The SMILES string of the molecule is CCOCc1cc(C(=O)O[C@@H](C)C(=O)Nc2ccc(C#N)cc2)ccc1OC. The van der Waals surface area contributed by atoms with Crippen LogP contribution >= 0.6 is 0 Å². The van der Waals surface area contributed by atoms with Crippen LogP contribution in [0.25, 0.3) is 0 Å². The number of benzene rings is 2. The van der Waals surface area contributed by atoms with Crippen LogP contribution in [0.3, 0.4) is 0 Å². The Morgan fingerprint density at radius 2 is 1.89 bits per heavy atom. The number of nitrogens with zero attached hydrogens (tertiary/aromatic N) is 1. The molecule has 0 radical (unpaired) electrons. The van der Waals surface area contributed by atoms with Gasteiger partial charge in [0, 0.05) is 17.9 Å². The van der Waals surface area contributed by atoms with Gasteiger partial charge in [-0.1, -0.05) is 0 Å². The summed E-state index contributed by atoms with van der Waals surface area (Å²) in [6.07, 6.45) is -0.999. The summed E-state index contributed by atoms with van der Waals surface area (Å²) in [6, 6.07) is 13.2. The number of anilines is 1. The molecule has 7 heteroatoms. The lowest BCUT2D eigenvalue weighted by molar-refractivity contribution is -0.123. The summed E-state index contributed by atoms with van der Waals surface area (Å²) in [7, 11) is 1.54. The van der Waals surface area contributed by atoms with Crippen molar-refractivity contribution in [3.05, 3.63) is 59.2 Å². The second kappa shape index (κ2) is 10.1. The maximum Gasteiger partial charge on any atom is 0.338 e. The average Bonchev–Trinajstić information content (AvgIpc) is 2.72. The summed E-state index contributed by atoms with van der Waals surface area (Å²) in [6.45, 7) is 4.19. The average molecular weight is 382 g/mol. The van der Waals surface area contributed by atoms with Gasteiger partial charge in [-0.25, -0.2) is 4.79 Å². The van der Waals surface area contributed by atoms with E-state index in [1.54, 1.807) is 49.6 Å². The van der Waals surface area contributed by atoms with Crippen LogP contribution < -0.4 is 10.1 Å². The Balaban J connectivity index is 2.02. The zero-order valence-electron chi connectivity index (χ0n) is 16.0. The Bertz CT molecular complexity index is 871. The van der Waals surface area contributed by atoms with Crippen molar-refractivity contribution in [2.45, 2.75) is 26.6 Å². The van der Waals surface area contributed by atoms with E-state index in [0.717, 1.165) is 0 Å². The fraction of sp³-hybridized carbons (Fsp3) is 0.286. The molecule has 1 amide bonds. The fourth-order valence-corrected chi connectivity index (χ4v) is 2.38. The van der Waals surface area contributed by atoms with E-state index < -0.39 is 18.0 Å². The monoisotopic (exact) mass is 382 g/mol. The van der Waals surface area contributed by atoms with Gasteiger partial charge in [0.15, 0.2) is 6.10 Å². The zero-order valence-corrected chi connectivity index (χ0v) is 16.0. The first-order valence-corrected chi connectivity index (χ1v) is 8.75. The van der Waals surface area contributed by atoms with E-state index >= 15 is 0 Å². The van der Waals surface area contributed by atoms with Gasteiger partial charge in [-0.15, -0.1) is 0 Å². The first kappa shape index (κ1) is 20.9. The van der Waals surface area contributed by atoms with E-state index in [1.807, 2.05) is 13.0 Å². The lowest BCUT2D eigenvalue weighted by Gasteiger charge is -2.15. The number of methoxy groups -OCH3 is 1. The molecule has 28 heavy (non-hydrogen) atoms. The third-order valence-corrected chi connectivity index (χ3v) is 3.91. The van der Waals surface area contributed by atoms with E-state index in [9.17, 15) is 9.59 Å². The molecule has 146 valence electrons. The standard InChI is InChI=1S/C21H22N2O5/c1-4-27-13-17-11-16(7-10-19(17)26-3)21(25)28-14(2)20(24)23-18-8-5-15(12-22)6-9-18/h5-11,14H,4,13H2,1-3H3,(H,23,24)/t14-/m0/s1. The highest BCUT2D eigenvalue weighted by Crippen LogP contribution is 2.22. The molecule has 2 rings (SSSR count). The maximum absolute atomic E-state index is 12.4. The molecule has 0 spiro atoms. The van der Waals surface area contributed by atoms with Crippen LogP contribution in [-0.4, -0.2) is 31.7 Å². The van der Waals surface area contributed by atoms with Gasteiger partial charge in [-0.2, -0.15) is 5.26 Å². The Kier molecular flexibility index (Phi) is 7.55. The van der Waals surface area contributed by atoms with Gasteiger partial charge in [-0.05, 0) is 56.3 Å². The van der Waals surface area contributed by atoms with Gasteiger partial charge >= 0.3 is 5.97 Å². The van der Waals surface area contributed by atoms with Gasteiger partial charge < -0.3 is 19.5 Å². The number of hydrogen-bond donors (Lipinski definition) is 1. The van der Waals surface area contributed by atoms with E-state index in [1.165, 1.54) is 6.92 Å². The van der Waals surface area contributed by atoms with Crippen molar-refractivity contribution in [2.75, 3.05) is 19.0 Å². The molecule has 0 aromatic heterocycles. The van der Waals surface area contributed by atoms with Crippen molar-refractivity contribution >= 4 is 17.6 Å². The number of carbonyl (C=O) groups is 2. The highest BCUT2D eigenvalue weighted by Gasteiger charge is 2.20. The Labute approximate surface area is 163 Å². The fourth-order valence-electron chi connectivity index (χ4n) is 2.38. The molecule has 0 bridgehead atoms. The summed E-state index contributed by atoms with van der Waals surface area (Å²) in [5.41, 5.74) is 2.01. The third-order valence-electron chi connectivity index (χ3n) is 3.91. The molecule has 2 aromatic rings. The highest BCUT2D eigenvalue weighted by molar-refractivity contribution is 5.97. The van der Waals surface area contributed by atoms with Crippen LogP contribution in [0.5, 0.6) is 5.75 Å². The molecule has 0 unspecified atom stereocenters. The van der Waals surface area contributed by atoms with E-state index in [-0.39, 0.29) is 0 Å². The van der Waals surface area contributed by atoms with Crippen LogP contribution in [0.1, 0.15) is 35.3 Å². The van der Waals surface area contributed by atoms with Gasteiger partial charge in [0.25, 0.3) is 5.91 Å². The largest absolute Gasteiger partial charge is 0.496 e. The van der Waals surface area contributed by atoms with Crippen molar-refractivity contribution in [1.29, 1.82) is 5.26 Å². The number of nitriles is 1. The van der Waals surface area contributed by atoms with Gasteiger partial charge in [0.05, 0.1) is 30.9 Å². The second-order valence-electron chi connectivity index (χ2n) is 5.89. The summed E-state index contributed by atoms with van der Waals surface area (Å²) in [5, 5.41) is 11.4. The predicted octanol–water partition coefficient (Wildman–Crippen LogP) is 3.29. The molecule has 0 aliphatic rings. The van der Waals surface area contributed by atoms with Crippen molar-refractivity contribution in [3.63, 3.8) is 0 Å². The first-order valence-electron chi connectivity index (χ1n) is 8.75.